The standard InChI is InChI=1S/C26H33ClN2O3S/c1-3-24(26(31)28-21-9-5-4-6-10-21)29(17-19-8-7-11-22(16-19)32-2)25(30)18-33-23-14-12-20(27)13-15-23/h7-8,11-16,21,24H,3-6,9-10,17-18H2,1-2H3,(H,28,31)/t24-/m1/s1. The zero-order valence-corrected chi connectivity index (χ0v) is 21.0. The van der Waals surface area contributed by atoms with E-state index in [1.807, 2.05) is 55.5 Å². The number of ether oxygens (including phenoxy) is 1. The molecule has 7 heteroatoms. The summed E-state index contributed by atoms with van der Waals surface area (Å²) in [7, 11) is 1.62. The van der Waals surface area contributed by atoms with E-state index in [0.717, 1.165) is 41.9 Å². The summed E-state index contributed by atoms with van der Waals surface area (Å²) in [6.07, 6.45) is 6.10. The van der Waals surface area contributed by atoms with Crippen molar-refractivity contribution in [2.24, 2.45) is 0 Å². The fourth-order valence-electron chi connectivity index (χ4n) is 4.19. The van der Waals surface area contributed by atoms with Crippen LogP contribution in [0.25, 0.3) is 0 Å². The van der Waals surface area contributed by atoms with Crippen molar-refractivity contribution in [2.75, 3.05) is 12.9 Å². The molecule has 0 radical (unpaired) electrons. The number of nitrogens with zero attached hydrogens (tertiary/aromatic N) is 1. The fourth-order valence-corrected chi connectivity index (χ4v) is 5.10. The lowest BCUT2D eigenvalue weighted by Crippen LogP contribution is -2.52. The third-order valence-electron chi connectivity index (χ3n) is 6.00. The minimum absolute atomic E-state index is 0.0582. The lowest BCUT2D eigenvalue weighted by Gasteiger charge is -2.32. The molecule has 33 heavy (non-hydrogen) atoms. The summed E-state index contributed by atoms with van der Waals surface area (Å²) < 4.78 is 5.35. The number of hydrogen-bond acceptors (Lipinski definition) is 4. The van der Waals surface area contributed by atoms with Gasteiger partial charge in [0.25, 0.3) is 0 Å². The average Bonchev–Trinajstić information content (AvgIpc) is 2.84. The second kappa shape index (κ2) is 12.9. The van der Waals surface area contributed by atoms with Gasteiger partial charge in [0.1, 0.15) is 11.8 Å². The molecular weight excluding hydrogens is 456 g/mol. The summed E-state index contributed by atoms with van der Waals surface area (Å²) in [5, 5.41) is 3.88. The zero-order valence-electron chi connectivity index (χ0n) is 19.4. The summed E-state index contributed by atoms with van der Waals surface area (Å²) in [5.41, 5.74) is 0.933. The van der Waals surface area contributed by atoms with E-state index in [2.05, 4.69) is 5.32 Å². The number of amides is 2. The fraction of sp³-hybridized carbons (Fsp3) is 0.462. The number of carbonyl (C=O) groups is 2. The Bertz CT molecular complexity index is 916. The molecule has 1 aliphatic carbocycles. The van der Waals surface area contributed by atoms with Gasteiger partial charge in [0, 0.05) is 22.5 Å². The molecule has 0 aromatic heterocycles. The van der Waals surface area contributed by atoms with Crippen LogP contribution in [0.1, 0.15) is 51.0 Å². The Labute approximate surface area is 206 Å². The van der Waals surface area contributed by atoms with Crippen LogP contribution < -0.4 is 10.1 Å². The smallest absolute Gasteiger partial charge is 0.243 e. The summed E-state index contributed by atoms with van der Waals surface area (Å²) in [6.45, 7) is 2.32. The second-order valence-electron chi connectivity index (χ2n) is 8.38. The predicted molar refractivity (Wildman–Crippen MR) is 135 cm³/mol. The third kappa shape index (κ3) is 7.68. The number of nitrogens with one attached hydrogen (secondary N) is 1. The molecule has 1 atom stereocenters. The number of hydrogen-bond donors (Lipinski definition) is 1. The van der Waals surface area contributed by atoms with E-state index in [1.54, 1.807) is 12.0 Å². The molecule has 0 saturated heterocycles. The molecule has 1 N–H and O–H groups in total. The first-order valence-electron chi connectivity index (χ1n) is 11.6. The molecule has 0 unspecified atom stereocenters. The molecule has 1 aliphatic rings. The van der Waals surface area contributed by atoms with Crippen molar-refractivity contribution < 1.29 is 14.3 Å². The van der Waals surface area contributed by atoms with Gasteiger partial charge in [-0.1, -0.05) is 49.9 Å². The molecule has 2 aromatic carbocycles. The highest BCUT2D eigenvalue weighted by atomic mass is 35.5. The van der Waals surface area contributed by atoms with Crippen LogP contribution in [0.3, 0.4) is 0 Å². The number of methoxy groups -OCH3 is 1. The van der Waals surface area contributed by atoms with Gasteiger partial charge >= 0.3 is 0 Å². The molecule has 178 valence electrons. The lowest BCUT2D eigenvalue weighted by molar-refractivity contribution is -0.139. The molecule has 5 nitrogen and oxygen atoms in total. The minimum Gasteiger partial charge on any atom is -0.497 e. The van der Waals surface area contributed by atoms with Gasteiger partial charge in [-0.25, -0.2) is 0 Å². The molecule has 3 rings (SSSR count). The number of thioether (sulfide) groups is 1. The quantitative estimate of drug-likeness (QED) is 0.436. The zero-order chi connectivity index (χ0) is 23.6. The topological polar surface area (TPSA) is 58.6 Å². The number of halogens is 1. The van der Waals surface area contributed by atoms with Gasteiger partial charge in [-0.3, -0.25) is 9.59 Å². The first-order valence-corrected chi connectivity index (χ1v) is 13.0. The molecule has 0 aliphatic heterocycles. The summed E-state index contributed by atoms with van der Waals surface area (Å²) in [6, 6.07) is 14.8. The van der Waals surface area contributed by atoms with E-state index < -0.39 is 6.04 Å². The van der Waals surface area contributed by atoms with Crippen LogP contribution in [0.15, 0.2) is 53.4 Å². The summed E-state index contributed by atoms with van der Waals surface area (Å²) >= 11 is 7.43. The highest BCUT2D eigenvalue weighted by Gasteiger charge is 2.30. The van der Waals surface area contributed by atoms with Crippen LogP contribution >= 0.6 is 23.4 Å². The van der Waals surface area contributed by atoms with Crippen molar-refractivity contribution in [1.29, 1.82) is 0 Å². The minimum atomic E-state index is -0.517. The molecule has 2 amide bonds. The van der Waals surface area contributed by atoms with Gasteiger partial charge in [0.05, 0.1) is 12.9 Å². The molecule has 0 spiro atoms. The molecule has 0 bridgehead atoms. The Morgan fingerprint density at radius 1 is 1.15 bits per heavy atom. The van der Waals surface area contributed by atoms with Crippen LogP contribution in [-0.2, 0) is 16.1 Å². The third-order valence-corrected chi connectivity index (χ3v) is 7.25. The summed E-state index contributed by atoms with van der Waals surface area (Å²) in [4.78, 5) is 29.4. The van der Waals surface area contributed by atoms with Crippen LogP contribution in [-0.4, -0.2) is 41.7 Å². The molecule has 1 saturated carbocycles. The van der Waals surface area contributed by atoms with E-state index >= 15 is 0 Å². The van der Waals surface area contributed by atoms with Gasteiger partial charge < -0.3 is 15.0 Å². The van der Waals surface area contributed by atoms with Gasteiger partial charge in [-0.2, -0.15) is 0 Å². The van der Waals surface area contributed by atoms with E-state index in [0.29, 0.717) is 18.0 Å². The SMILES string of the molecule is CC[C@H](C(=O)NC1CCCCC1)N(Cc1cccc(OC)c1)C(=O)CSc1ccc(Cl)cc1. The maximum atomic E-state index is 13.4. The first-order chi connectivity index (χ1) is 16.0. The largest absolute Gasteiger partial charge is 0.497 e. The average molecular weight is 489 g/mol. The highest BCUT2D eigenvalue weighted by molar-refractivity contribution is 8.00. The van der Waals surface area contributed by atoms with E-state index in [-0.39, 0.29) is 23.6 Å². The Morgan fingerprint density at radius 3 is 2.55 bits per heavy atom. The molecule has 0 heterocycles. The Balaban J connectivity index is 1.76. The Kier molecular flexibility index (Phi) is 9.95. The maximum absolute atomic E-state index is 13.4. The number of rotatable bonds is 10. The van der Waals surface area contributed by atoms with Crippen molar-refractivity contribution in [2.45, 2.75) is 69.0 Å². The van der Waals surface area contributed by atoms with Crippen molar-refractivity contribution >= 4 is 35.2 Å². The monoisotopic (exact) mass is 488 g/mol. The first kappa shape index (κ1) is 25.4. The van der Waals surface area contributed by atoms with Gasteiger partial charge in [0.2, 0.25) is 11.8 Å². The molecular formula is C26H33ClN2O3S. The van der Waals surface area contributed by atoms with Crippen molar-refractivity contribution in [3.8, 4) is 5.75 Å². The second-order valence-corrected chi connectivity index (χ2v) is 9.87. The van der Waals surface area contributed by atoms with Gasteiger partial charge in [-0.15, -0.1) is 11.8 Å². The normalized spacial score (nSPS) is 15.0. The Morgan fingerprint density at radius 2 is 1.88 bits per heavy atom. The van der Waals surface area contributed by atoms with Crippen LogP contribution in [0.2, 0.25) is 5.02 Å². The number of benzene rings is 2. The van der Waals surface area contributed by atoms with Crippen LogP contribution in [0.4, 0.5) is 0 Å². The molecule has 1 fully saturated rings. The van der Waals surface area contributed by atoms with Crippen LogP contribution in [0, 0.1) is 0 Å². The lowest BCUT2D eigenvalue weighted by atomic mass is 9.95. The molecule has 2 aromatic rings. The maximum Gasteiger partial charge on any atom is 0.243 e. The Hall–Kier alpha value is -2.18. The number of carbonyl (C=O) groups excluding carboxylic acids is 2. The van der Waals surface area contributed by atoms with Crippen LogP contribution in [0.5, 0.6) is 5.75 Å². The summed E-state index contributed by atoms with van der Waals surface area (Å²) in [5.74, 6) is 0.856. The van der Waals surface area contributed by atoms with E-state index in [9.17, 15) is 9.59 Å². The van der Waals surface area contributed by atoms with E-state index in [1.165, 1.54) is 18.2 Å². The van der Waals surface area contributed by atoms with Gasteiger partial charge in [-0.05, 0) is 61.2 Å². The predicted octanol–water partition coefficient (Wildman–Crippen LogP) is 5.70. The van der Waals surface area contributed by atoms with E-state index in [4.69, 9.17) is 16.3 Å². The van der Waals surface area contributed by atoms with Crippen molar-refractivity contribution in [3.63, 3.8) is 0 Å². The van der Waals surface area contributed by atoms with Crippen molar-refractivity contribution in [1.82, 2.24) is 10.2 Å². The highest BCUT2D eigenvalue weighted by Crippen LogP contribution is 2.24. The van der Waals surface area contributed by atoms with Gasteiger partial charge in [0.15, 0.2) is 0 Å². The van der Waals surface area contributed by atoms with Crippen molar-refractivity contribution in [3.05, 3.63) is 59.1 Å².